The molecule has 360 valence electrons. The fourth-order valence-corrected chi connectivity index (χ4v) is 13.2. The van der Waals surface area contributed by atoms with E-state index >= 15 is 0 Å². The maximum Gasteiger partial charge on any atom is 0.187 e. The second kappa shape index (κ2) is 18.3. The summed E-state index contributed by atoms with van der Waals surface area (Å²) in [5, 5.41) is 116. The molecule has 63 heavy (non-hydrogen) atoms. The predicted molar refractivity (Wildman–Crippen MR) is 218 cm³/mol. The zero-order valence-electron chi connectivity index (χ0n) is 36.9. The Bertz CT molecular complexity index is 1660. The van der Waals surface area contributed by atoms with Gasteiger partial charge in [-0.05, 0) is 106 Å². The van der Waals surface area contributed by atoms with E-state index in [4.69, 9.17) is 33.2 Å². The first-order chi connectivity index (χ1) is 29.7. The Labute approximate surface area is 368 Å². The van der Waals surface area contributed by atoms with Gasteiger partial charge in [-0.2, -0.15) is 0 Å². The normalized spacial score (nSPS) is 54.4. The van der Waals surface area contributed by atoms with Crippen LogP contribution in [0.2, 0.25) is 0 Å². The van der Waals surface area contributed by atoms with Gasteiger partial charge in [-0.15, -0.1) is 0 Å². The zero-order valence-corrected chi connectivity index (χ0v) is 36.9. The summed E-state index contributed by atoms with van der Waals surface area (Å²) in [6.45, 7) is 9.04. The highest BCUT2D eigenvalue weighted by molar-refractivity contribution is 5.29. The Kier molecular flexibility index (Phi) is 13.9. The molecule has 8 aliphatic rings. The summed E-state index contributed by atoms with van der Waals surface area (Å²) >= 11 is 0. The van der Waals surface area contributed by atoms with Gasteiger partial charge in [-0.25, -0.2) is 0 Å². The number of fused-ring (bicyclic) bond motifs is 7. The average molecular weight is 901 g/mol. The van der Waals surface area contributed by atoms with Crippen molar-refractivity contribution in [2.24, 2.45) is 40.4 Å². The molecule has 3 saturated carbocycles. The number of hydrogen-bond acceptors (Lipinski definition) is 18. The van der Waals surface area contributed by atoms with Crippen LogP contribution in [0, 0.1) is 40.4 Å². The molecule has 4 heterocycles. The highest BCUT2D eigenvalue weighted by Gasteiger charge is 2.69. The van der Waals surface area contributed by atoms with E-state index in [9.17, 15) is 56.2 Å². The van der Waals surface area contributed by atoms with Gasteiger partial charge < -0.3 is 89.3 Å². The molecule has 0 radical (unpaired) electrons. The lowest BCUT2D eigenvalue weighted by atomic mass is 9.46. The van der Waals surface area contributed by atoms with Crippen LogP contribution in [0.25, 0.3) is 0 Å². The van der Waals surface area contributed by atoms with Gasteiger partial charge in [0.15, 0.2) is 18.9 Å². The maximum atomic E-state index is 12.2. The molecule has 18 nitrogen and oxygen atoms in total. The summed E-state index contributed by atoms with van der Waals surface area (Å²) in [6, 6.07) is 0. The van der Waals surface area contributed by atoms with Crippen LogP contribution in [0.3, 0.4) is 0 Å². The smallest absolute Gasteiger partial charge is 0.187 e. The molecular weight excluding hydrogens is 828 g/mol. The van der Waals surface area contributed by atoms with Gasteiger partial charge in [-0.1, -0.05) is 32.4 Å². The molecule has 0 spiro atoms. The fraction of sp³-hybridized carbons (Fsp3) is 0.911. The standard InChI is InChI=1S/C45H72O18/c1-19(18-57-40-35(53)33(51)31(49)27(16-46)61-40)6-9-29-45(5,56)39-26(60-29)15-25-23-8-7-21-14-22(10-12-43(21,3)24(23)11-13-44(25,39)4)59-42-37(55)34(52)38(28(17-47)62-42)63-41-36(54)32(50)30(48)20(2)58-41/h7,9,19-20,22-28,30-42,46-56H,6,8,10-18H2,1-5H3/t19-,20+,22+,23-,24+,25+,26+,27-,28-,30+,31-,32-,33+,34-,35-,36-,37-,38-,39+,40-,41+,42-,43+,44+,45-/m1/s1. The molecular formula is C45H72O18. The molecule has 25 atom stereocenters. The van der Waals surface area contributed by atoms with E-state index in [1.807, 2.05) is 19.9 Å². The van der Waals surface area contributed by atoms with Crippen molar-refractivity contribution < 1.29 is 89.3 Å². The van der Waals surface area contributed by atoms with Crippen molar-refractivity contribution in [3.63, 3.8) is 0 Å². The van der Waals surface area contributed by atoms with Crippen molar-refractivity contribution in [3.8, 4) is 0 Å². The molecule has 7 fully saturated rings. The van der Waals surface area contributed by atoms with Crippen LogP contribution >= 0.6 is 0 Å². The molecule has 0 amide bonds. The lowest BCUT2D eigenvalue weighted by Gasteiger charge is -2.58. The van der Waals surface area contributed by atoms with Crippen LogP contribution in [0.5, 0.6) is 0 Å². The molecule has 0 aromatic heterocycles. The van der Waals surface area contributed by atoms with Crippen molar-refractivity contribution >= 4 is 0 Å². The fourth-order valence-electron chi connectivity index (χ4n) is 13.2. The number of aliphatic hydroxyl groups excluding tert-OH is 10. The number of aliphatic hydroxyl groups is 11. The predicted octanol–water partition coefficient (Wildman–Crippen LogP) is -0.911. The number of rotatable bonds is 11. The Morgan fingerprint density at radius 2 is 1.41 bits per heavy atom. The van der Waals surface area contributed by atoms with Gasteiger partial charge in [0, 0.05) is 5.92 Å². The van der Waals surface area contributed by atoms with Gasteiger partial charge in [0.2, 0.25) is 0 Å². The van der Waals surface area contributed by atoms with Crippen molar-refractivity contribution in [2.75, 3.05) is 19.8 Å². The lowest BCUT2D eigenvalue weighted by Crippen LogP contribution is -2.64. The summed E-state index contributed by atoms with van der Waals surface area (Å²) in [4.78, 5) is 0. The van der Waals surface area contributed by atoms with Crippen molar-refractivity contribution in [1.82, 2.24) is 0 Å². The SMILES string of the molecule is C[C@H](CC=C1O[C@H]2C[C@H]3[C@@H]4CC=C5C[C@@H](O[C@@H]6O[C@H](CO)[C@@H](O[C@@H]7O[C@@H](C)[C@H](O)[C@@H](O)[C@H]7O)[C@H](O)[C@H]6O)CC[C@]5(C)[C@H]4CC[C@]3(C)[C@H]2[C@]1(C)O)CO[C@@H]1O[C@H](CO)[C@@H](O)[C@H](O)[C@H]1O. The van der Waals surface area contributed by atoms with E-state index in [0.717, 1.165) is 32.1 Å². The zero-order chi connectivity index (χ0) is 45.5. The second-order valence-electron chi connectivity index (χ2n) is 20.8. The first-order valence-corrected chi connectivity index (χ1v) is 23.1. The van der Waals surface area contributed by atoms with E-state index in [1.165, 1.54) is 12.5 Å². The quantitative estimate of drug-likeness (QED) is 0.112. The molecule has 8 rings (SSSR count). The largest absolute Gasteiger partial charge is 0.492 e. The van der Waals surface area contributed by atoms with E-state index in [1.54, 1.807) is 0 Å². The van der Waals surface area contributed by atoms with E-state index in [2.05, 4.69) is 19.9 Å². The number of allylic oxidation sites excluding steroid dienone is 2. The van der Waals surface area contributed by atoms with E-state index in [0.29, 0.717) is 42.8 Å². The summed E-state index contributed by atoms with van der Waals surface area (Å²) in [7, 11) is 0. The molecule has 0 aromatic carbocycles. The summed E-state index contributed by atoms with van der Waals surface area (Å²) in [6.07, 6.45) is -10.3. The van der Waals surface area contributed by atoms with Crippen molar-refractivity contribution in [1.29, 1.82) is 0 Å². The first kappa shape index (κ1) is 48.1. The summed E-state index contributed by atoms with van der Waals surface area (Å²) in [5.41, 5.74) is -0.0861. The van der Waals surface area contributed by atoms with Gasteiger partial charge >= 0.3 is 0 Å². The van der Waals surface area contributed by atoms with Crippen molar-refractivity contribution in [2.45, 2.75) is 196 Å². The van der Waals surface area contributed by atoms with Crippen molar-refractivity contribution in [3.05, 3.63) is 23.5 Å². The van der Waals surface area contributed by atoms with Crippen LogP contribution < -0.4 is 0 Å². The Morgan fingerprint density at radius 3 is 2.13 bits per heavy atom. The minimum atomic E-state index is -1.65. The Balaban J connectivity index is 0.869. The monoisotopic (exact) mass is 900 g/mol. The third kappa shape index (κ3) is 8.38. The van der Waals surface area contributed by atoms with Gasteiger partial charge in [-0.3, -0.25) is 0 Å². The molecule has 4 saturated heterocycles. The van der Waals surface area contributed by atoms with Crippen LogP contribution in [-0.4, -0.2) is 186 Å². The minimum Gasteiger partial charge on any atom is -0.492 e. The van der Waals surface area contributed by atoms with E-state index < -0.39 is 111 Å². The molecule has 4 aliphatic heterocycles. The summed E-state index contributed by atoms with van der Waals surface area (Å²) < 4.78 is 41.5. The van der Waals surface area contributed by atoms with Crippen LogP contribution in [0.4, 0.5) is 0 Å². The molecule has 0 aromatic rings. The third-order valence-corrected chi connectivity index (χ3v) is 16.8. The Hall–Kier alpha value is -1.40. The second-order valence-corrected chi connectivity index (χ2v) is 20.8. The molecule has 4 aliphatic carbocycles. The molecule has 18 heteroatoms. The van der Waals surface area contributed by atoms with Crippen LogP contribution in [0.1, 0.15) is 86.0 Å². The minimum absolute atomic E-state index is 0.0699. The molecule has 0 unspecified atom stereocenters. The molecule has 0 bridgehead atoms. The highest BCUT2D eigenvalue weighted by Crippen LogP contribution is 2.70. The lowest BCUT2D eigenvalue weighted by molar-refractivity contribution is -0.360. The third-order valence-electron chi connectivity index (χ3n) is 16.8. The van der Waals surface area contributed by atoms with Crippen LogP contribution in [0.15, 0.2) is 23.5 Å². The average Bonchev–Trinajstić information content (AvgIpc) is 3.71. The van der Waals surface area contributed by atoms with Gasteiger partial charge in [0.05, 0.1) is 32.0 Å². The van der Waals surface area contributed by atoms with Crippen LogP contribution in [-0.2, 0) is 33.2 Å². The topological polar surface area (TPSA) is 287 Å². The van der Waals surface area contributed by atoms with E-state index in [-0.39, 0.29) is 41.5 Å². The van der Waals surface area contributed by atoms with Gasteiger partial charge in [0.1, 0.15) is 84.6 Å². The number of hydrogen-bond donors (Lipinski definition) is 11. The van der Waals surface area contributed by atoms with Gasteiger partial charge in [0.25, 0.3) is 0 Å². The number of ether oxygens (including phenoxy) is 7. The Morgan fingerprint density at radius 1 is 0.762 bits per heavy atom. The highest BCUT2D eigenvalue weighted by atomic mass is 16.7. The molecule has 11 N–H and O–H groups in total. The summed E-state index contributed by atoms with van der Waals surface area (Å²) in [5.74, 6) is 1.60. The first-order valence-electron chi connectivity index (χ1n) is 23.1. The maximum absolute atomic E-state index is 12.2.